The van der Waals surface area contributed by atoms with Crippen molar-refractivity contribution in [2.24, 2.45) is 5.92 Å². The predicted octanol–water partition coefficient (Wildman–Crippen LogP) is 2.50. The van der Waals surface area contributed by atoms with Gasteiger partial charge in [-0.3, -0.25) is 4.79 Å². The van der Waals surface area contributed by atoms with Gasteiger partial charge < -0.3 is 10.6 Å². The highest BCUT2D eigenvalue weighted by atomic mass is 19.1. The van der Waals surface area contributed by atoms with Crippen molar-refractivity contribution < 1.29 is 13.6 Å². The molecule has 1 saturated heterocycles. The van der Waals surface area contributed by atoms with E-state index in [9.17, 15) is 13.6 Å². The van der Waals surface area contributed by atoms with Gasteiger partial charge in [0, 0.05) is 18.2 Å². The van der Waals surface area contributed by atoms with E-state index in [-0.39, 0.29) is 24.1 Å². The van der Waals surface area contributed by atoms with Gasteiger partial charge in [0.15, 0.2) is 0 Å². The van der Waals surface area contributed by atoms with Crippen molar-refractivity contribution in [1.82, 2.24) is 10.6 Å². The highest BCUT2D eigenvalue weighted by Gasteiger charge is 2.38. The van der Waals surface area contributed by atoms with Crippen LogP contribution in [0.1, 0.15) is 37.7 Å². The predicted molar refractivity (Wildman–Crippen MR) is 75.5 cm³/mol. The van der Waals surface area contributed by atoms with E-state index in [0.29, 0.717) is 12.0 Å². The zero-order chi connectivity index (χ0) is 14.8. The molecule has 3 rings (SSSR count). The molecule has 2 fully saturated rings. The van der Waals surface area contributed by atoms with Crippen molar-refractivity contribution in [3.05, 3.63) is 35.4 Å². The van der Waals surface area contributed by atoms with E-state index in [1.54, 1.807) is 0 Å². The zero-order valence-corrected chi connectivity index (χ0v) is 11.9. The van der Waals surface area contributed by atoms with Crippen LogP contribution in [-0.4, -0.2) is 18.0 Å². The van der Waals surface area contributed by atoms with Crippen LogP contribution in [0.4, 0.5) is 8.78 Å². The monoisotopic (exact) mass is 294 g/mol. The van der Waals surface area contributed by atoms with Crippen LogP contribution in [0, 0.1) is 17.6 Å². The van der Waals surface area contributed by atoms with E-state index in [0.717, 1.165) is 31.0 Å². The number of benzene rings is 1. The van der Waals surface area contributed by atoms with Crippen LogP contribution >= 0.6 is 0 Å². The number of fused-ring (bicyclic) bond motifs is 1. The Bertz CT molecular complexity index is 521. The standard InChI is InChI=1S/C16H20F2N2O/c17-12-5-6-13(18)11(7-12)9-19-16(21)15-8-10-3-1-2-4-14(10)20-15/h5-7,10,14-15,20H,1-4,8-9H2,(H,19,21). The van der Waals surface area contributed by atoms with Gasteiger partial charge in [-0.1, -0.05) is 12.8 Å². The van der Waals surface area contributed by atoms with Crippen molar-refractivity contribution in [3.63, 3.8) is 0 Å². The maximum absolute atomic E-state index is 13.5. The molecular weight excluding hydrogens is 274 g/mol. The Morgan fingerprint density at radius 3 is 2.90 bits per heavy atom. The molecule has 1 aliphatic heterocycles. The maximum atomic E-state index is 13.5. The van der Waals surface area contributed by atoms with Crippen LogP contribution in [-0.2, 0) is 11.3 Å². The second kappa shape index (κ2) is 6.10. The third-order valence-electron chi connectivity index (χ3n) is 4.64. The number of hydrogen-bond acceptors (Lipinski definition) is 2. The van der Waals surface area contributed by atoms with Gasteiger partial charge in [0.2, 0.25) is 5.91 Å². The van der Waals surface area contributed by atoms with Crippen LogP contribution in [0.5, 0.6) is 0 Å². The fourth-order valence-corrected chi connectivity index (χ4v) is 3.51. The molecule has 3 atom stereocenters. The SMILES string of the molecule is O=C(NCc1cc(F)ccc1F)C1CC2CCCCC2N1. The van der Waals surface area contributed by atoms with Crippen molar-refractivity contribution >= 4 is 5.91 Å². The molecule has 21 heavy (non-hydrogen) atoms. The number of amides is 1. The van der Waals surface area contributed by atoms with Crippen LogP contribution in [0.25, 0.3) is 0 Å². The van der Waals surface area contributed by atoms with Gasteiger partial charge in [0.05, 0.1) is 6.04 Å². The van der Waals surface area contributed by atoms with Crippen molar-refractivity contribution in [1.29, 1.82) is 0 Å². The first-order chi connectivity index (χ1) is 10.1. The summed E-state index contributed by atoms with van der Waals surface area (Å²) in [5.74, 6) is -0.524. The molecule has 1 saturated carbocycles. The lowest BCUT2D eigenvalue weighted by Gasteiger charge is -2.24. The lowest BCUT2D eigenvalue weighted by atomic mass is 9.85. The Kier molecular flexibility index (Phi) is 4.19. The van der Waals surface area contributed by atoms with E-state index in [4.69, 9.17) is 0 Å². The summed E-state index contributed by atoms with van der Waals surface area (Å²) in [6.45, 7) is 0.0237. The van der Waals surface area contributed by atoms with Gasteiger partial charge >= 0.3 is 0 Å². The molecule has 2 N–H and O–H groups in total. The second-order valence-electron chi connectivity index (χ2n) is 6.06. The highest BCUT2D eigenvalue weighted by molar-refractivity contribution is 5.82. The number of rotatable bonds is 3. The van der Waals surface area contributed by atoms with Gasteiger partial charge in [0.25, 0.3) is 0 Å². The summed E-state index contributed by atoms with van der Waals surface area (Å²) >= 11 is 0. The molecule has 0 radical (unpaired) electrons. The molecule has 5 heteroatoms. The van der Waals surface area contributed by atoms with E-state index >= 15 is 0 Å². The molecule has 3 unspecified atom stereocenters. The average molecular weight is 294 g/mol. The fraction of sp³-hybridized carbons (Fsp3) is 0.562. The van der Waals surface area contributed by atoms with Crippen LogP contribution in [0.15, 0.2) is 18.2 Å². The van der Waals surface area contributed by atoms with Crippen molar-refractivity contribution in [2.75, 3.05) is 0 Å². The molecule has 1 aliphatic carbocycles. The van der Waals surface area contributed by atoms with Crippen molar-refractivity contribution in [3.8, 4) is 0 Å². The van der Waals surface area contributed by atoms with Crippen LogP contribution in [0.3, 0.4) is 0 Å². The Balaban J connectivity index is 1.56. The molecule has 1 heterocycles. The summed E-state index contributed by atoms with van der Waals surface area (Å²) in [7, 11) is 0. The van der Waals surface area contributed by atoms with Gasteiger partial charge in [0.1, 0.15) is 11.6 Å². The minimum Gasteiger partial charge on any atom is -0.351 e. The molecular formula is C16H20F2N2O. The molecule has 0 spiro atoms. The summed E-state index contributed by atoms with van der Waals surface area (Å²) < 4.78 is 26.6. The lowest BCUT2D eigenvalue weighted by Crippen LogP contribution is -2.43. The topological polar surface area (TPSA) is 41.1 Å². The molecule has 1 amide bonds. The largest absolute Gasteiger partial charge is 0.351 e. The first-order valence-electron chi connectivity index (χ1n) is 7.61. The van der Waals surface area contributed by atoms with E-state index in [2.05, 4.69) is 10.6 Å². The number of carbonyl (C=O) groups excluding carboxylic acids is 1. The van der Waals surface area contributed by atoms with E-state index in [1.807, 2.05) is 0 Å². The summed E-state index contributed by atoms with van der Waals surface area (Å²) in [6.07, 6.45) is 5.62. The van der Waals surface area contributed by atoms with E-state index in [1.165, 1.54) is 19.3 Å². The smallest absolute Gasteiger partial charge is 0.237 e. The quantitative estimate of drug-likeness (QED) is 0.899. The number of carbonyl (C=O) groups is 1. The molecule has 2 aliphatic rings. The number of nitrogens with one attached hydrogen (secondary N) is 2. The Morgan fingerprint density at radius 1 is 1.29 bits per heavy atom. The summed E-state index contributed by atoms with van der Waals surface area (Å²) in [5.41, 5.74) is 0.179. The zero-order valence-electron chi connectivity index (χ0n) is 11.9. The Labute approximate surface area is 123 Å². The Morgan fingerprint density at radius 2 is 2.10 bits per heavy atom. The third kappa shape index (κ3) is 3.23. The fourth-order valence-electron chi connectivity index (χ4n) is 3.51. The number of halogens is 2. The minimum absolute atomic E-state index is 0.0237. The minimum atomic E-state index is -0.496. The van der Waals surface area contributed by atoms with Gasteiger partial charge in [-0.15, -0.1) is 0 Å². The van der Waals surface area contributed by atoms with E-state index < -0.39 is 11.6 Å². The van der Waals surface area contributed by atoms with Gasteiger partial charge in [-0.05, 0) is 43.4 Å². The van der Waals surface area contributed by atoms with Gasteiger partial charge in [-0.25, -0.2) is 8.78 Å². The van der Waals surface area contributed by atoms with Crippen LogP contribution < -0.4 is 10.6 Å². The molecule has 0 bridgehead atoms. The number of hydrogen-bond donors (Lipinski definition) is 2. The van der Waals surface area contributed by atoms with Gasteiger partial charge in [-0.2, -0.15) is 0 Å². The molecule has 0 aromatic heterocycles. The summed E-state index contributed by atoms with van der Waals surface area (Å²) in [6, 6.07) is 3.52. The molecule has 114 valence electrons. The lowest BCUT2D eigenvalue weighted by molar-refractivity contribution is -0.123. The second-order valence-corrected chi connectivity index (χ2v) is 6.06. The first-order valence-corrected chi connectivity index (χ1v) is 7.61. The average Bonchev–Trinajstić information content (AvgIpc) is 2.92. The third-order valence-corrected chi connectivity index (χ3v) is 4.64. The maximum Gasteiger partial charge on any atom is 0.237 e. The Hall–Kier alpha value is -1.49. The molecule has 1 aromatic carbocycles. The summed E-state index contributed by atoms with van der Waals surface area (Å²) in [5, 5.41) is 6.09. The van der Waals surface area contributed by atoms with Crippen LogP contribution in [0.2, 0.25) is 0 Å². The summed E-state index contributed by atoms with van der Waals surface area (Å²) in [4.78, 5) is 12.2. The normalized spacial score (nSPS) is 28.2. The molecule has 1 aromatic rings. The van der Waals surface area contributed by atoms with Crippen molar-refractivity contribution in [2.45, 2.75) is 50.7 Å². The first kappa shape index (κ1) is 14.4. The highest BCUT2D eigenvalue weighted by Crippen LogP contribution is 2.33. The molecule has 3 nitrogen and oxygen atoms in total.